The standard InChI is InChI=1S/C14H19NO4.C4H5NO3/c1-14(2,3)13(19)15-11(12(17)18)8-9-4-6-10(16)7-5-9;6-3-1-2-4(7)5(3)8/h4-7,11,16H,8H2,1-3H3,(H,15,19)(H,17,18);8H,1-2H2/t11-;/m0./s1. The van der Waals surface area contributed by atoms with Gasteiger partial charge in [-0.15, -0.1) is 0 Å². The van der Waals surface area contributed by atoms with Crippen molar-refractivity contribution in [3.05, 3.63) is 29.8 Å². The number of aliphatic carboxylic acids is 1. The number of hydrogen-bond acceptors (Lipinski definition) is 6. The Hall–Kier alpha value is -2.94. The van der Waals surface area contributed by atoms with Gasteiger partial charge in [0.2, 0.25) is 5.91 Å². The van der Waals surface area contributed by atoms with Crippen LogP contribution in [-0.2, 0) is 25.6 Å². The van der Waals surface area contributed by atoms with Gasteiger partial charge in [-0.25, -0.2) is 4.79 Å². The highest BCUT2D eigenvalue weighted by Gasteiger charge is 2.28. The molecule has 1 atom stereocenters. The first-order chi connectivity index (χ1) is 12.4. The topological polar surface area (TPSA) is 144 Å². The quantitative estimate of drug-likeness (QED) is 0.452. The van der Waals surface area contributed by atoms with Crippen LogP contribution in [0.15, 0.2) is 24.3 Å². The maximum Gasteiger partial charge on any atom is 0.326 e. The number of carboxylic acids is 1. The van der Waals surface area contributed by atoms with E-state index in [1.54, 1.807) is 32.9 Å². The summed E-state index contributed by atoms with van der Waals surface area (Å²) in [7, 11) is 0. The number of carbonyl (C=O) groups is 4. The number of nitrogens with one attached hydrogen (secondary N) is 1. The van der Waals surface area contributed by atoms with Gasteiger partial charge in [0, 0.05) is 24.7 Å². The smallest absolute Gasteiger partial charge is 0.326 e. The first-order valence-electron chi connectivity index (χ1n) is 8.28. The monoisotopic (exact) mass is 380 g/mol. The van der Waals surface area contributed by atoms with Crippen molar-refractivity contribution in [3.8, 4) is 5.75 Å². The lowest BCUT2D eigenvalue weighted by atomic mass is 9.94. The normalized spacial score (nSPS) is 15.0. The summed E-state index contributed by atoms with van der Waals surface area (Å²) in [6.45, 7) is 5.17. The molecule has 1 aromatic rings. The molecule has 1 aliphatic heterocycles. The minimum Gasteiger partial charge on any atom is -0.508 e. The Morgan fingerprint density at radius 2 is 1.59 bits per heavy atom. The molecule has 27 heavy (non-hydrogen) atoms. The number of hydroxylamine groups is 2. The summed E-state index contributed by atoms with van der Waals surface area (Å²) in [5.74, 6) is -2.27. The summed E-state index contributed by atoms with van der Waals surface area (Å²) in [5, 5.41) is 29.4. The van der Waals surface area contributed by atoms with Gasteiger partial charge in [0.25, 0.3) is 11.8 Å². The Morgan fingerprint density at radius 1 is 1.11 bits per heavy atom. The van der Waals surface area contributed by atoms with Gasteiger partial charge < -0.3 is 15.5 Å². The second-order valence-corrected chi connectivity index (χ2v) is 7.08. The molecule has 1 saturated heterocycles. The van der Waals surface area contributed by atoms with Crippen LogP contribution in [0.25, 0.3) is 0 Å². The Kier molecular flexibility index (Phi) is 7.47. The van der Waals surface area contributed by atoms with Gasteiger partial charge in [-0.2, -0.15) is 5.06 Å². The number of benzene rings is 1. The molecule has 1 heterocycles. The van der Waals surface area contributed by atoms with Crippen LogP contribution in [0.4, 0.5) is 0 Å². The zero-order valence-corrected chi connectivity index (χ0v) is 15.4. The molecule has 0 spiro atoms. The molecule has 9 nitrogen and oxygen atoms in total. The second-order valence-electron chi connectivity index (χ2n) is 7.08. The molecule has 148 valence electrons. The molecule has 1 aliphatic rings. The van der Waals surface area contributed by atoms with E-state index in [1.807, 2.05) is 0 Å². The van der Waals surface area contributed by atoms with E-state index in [2.05, 4.69) is 5.32 Å². The molecule has 0 aromatic heterocycles. The number of carboxylic acid groups (broad SMARTS) is 1. The fraction of sp³-hybridized carbons (Fsp3) is 0.444. The zero-order chi connectivity index (χ0) is 20.8. The summed E-state index contributed by atoms with van der Waals surface area (Å²) < 4.78 is 0. The SMILES string of the molecule is CC(C)(C)C(=O)N[C@@H](Cc1ccc(O)cc1)C(=O)O.O=C1CCC(=O)N1O. The number of phenolic OH excluding ortho intramolecular Hbond substituents is 1. The average Bonchev–Trinajstić information content (AvgIpc) is 2.87. The molecular formula is C18H24N2O7. The van der Waals surface area contributed by atoms with Gasteiger partial charge in [-0.3, -0.25) is 19.6 Å². The number of amides is 3. The van der Waals surface area contributed by atoms with Crippen LogP contribution >= 0.6 is 0 Å². The van der Waals surface area contributed by atoms with E-state index in [4.69, 9.17) is 15.4 Å². The highest BCUT2D eigenvalue weighted by Crippen LogP contribution is 2.15. The van der Waals surface area contributed by atoms with Crippen LogP contribution in [0.1, 0.15) is 39.2 Å². The second kappa shape index (κ2) is 9.13. The summed E-state index contributed by atoms with van der Waals surface area (Å²) >= 11 is 0. The van der Waals surface area contributed by atoms with Gasteiger partial charge in [0.15, 0.2) is 0 Å². The lowest BCUT2D eigenvalue weighted by Crippen LogP contribution is -2.46. The molecule has 0 bridgehead atoms. The van der Waals surface area contributed by atoms with E-state index in [-0.39, 0.29) is 36.0 Å². The molecule has 9 heteroatoms. The highest BCUT2D eigenvalue weighted by atomic mass is 16.5. The van der Waals surface area contributed by atoms with Gasteiger partial charge in [-0.05, 0) is 17.7 Å². The van der Waals surface area contributed by atoms with Crippen molar-refractivity contribution in [1.29, 1.82) is 0 Å². The summed E-state index contributed by atoms with van der Waals surface area (Å²) in [5.41, 5.74) is 0.0993. The fourth-order valence-electron chi connectivity index (χ4n) is 2.01. The number of rotatable bonds is 4. The maximum absolute atomic E-state index is 11.8. The third-order valence-corrected chi connectivity index (χ3v) is 3.69. The molecule has 0 radical (unpaired) electrons. The van der Waals surface area contributed by atoms with Gasteiger partial charge in [-0.1, -0.05) is 32.9 Å². The van der Waals surface area contributed by atoms with Gasteiger partial charge in [0.05, 0.1) is 0 Å². The van der Waals surface area contributed by atoms with Crippen LogP contribution in [0.3, 0.4) is 0 Å². The van der Waals surface area contributed by atoms with Crippen LogP contribution in [0.5, 0.6) is 5.75 Å². The van der Waals surface area contributed by atoms with Crippen molar-refractivity contribution in [2.75, 3.05) is 0 Å². The predicted octanol–water partition coefficient (Wildman–Crippen LogP) is 1.07. The van der Waals surface area contributed by atoms with Crippen molar-refractivity contribution in [1.82, 2.24) is 10.4 Å². The van der Waals surface area contributed by atoms with Crippen molar-refractivity contribution < 1.29 is 34.6 Å². The van der Waals surface area contributed by atoms with Crippen molar-refractivity contribution in [3.63, 3.8) is 0 Å². The third kappa shape index (κ3) is 7.06. The minimum atomic E-state index is -1.08. The van der Waals surface area contributed by atoms with Crippen LogP contribution < -0.4 is 5.32 Å². The van der Waals surface area contributed by atoms with Crippen molar-refractivity contribution in [2.24, 2.45) is 5.41 Å². The summed E-state index contributed by atoms with van der Waals surface area (Å²) in [6, 6.07) is 5.26. The summed E-state index contributed by atoms with van der Waals surface area (Å²) in [6.07, 6.45) is 0.474. The molecule has 4 N–H and O–H groups in total. The molecule has 0 aliphatic carbocycles. The average molecular weight is 380 g/mol. The number of phenols is 1. The molecular weight excluding hydrogens is 356 g/mol. The van der Waals surface area contributed by atoms with Crippen LogP contribution in [0.2, 0.25) is 0 Å². The van der Waals surface area contributed by atoms with E-state index in [1.165, 1.54) is 12.1 Å². The fourth-order valence-corrected chi connectivity index (χ4v) is 2.01. The Bertz CT molecular complexity index is 691. The molecule has 1 aromatic carbocycles. The predicted molar refractivity (Wildman–Crippen MR) is 93.7 cm³/mol. The molecule has 0 unspecified atom stereocenters. The number of nitrogens with zero attached hydrogens (tertiary/aromatic N) is 1. The van der Waals surface area contributed by atoms with E-state index >= 15 is 0 Å². The Balaban J connectivity index is 0.000000377. The van der Waals surface area contributed by atoms with Crippen molar-refractivity contribution >= 4 is 23.7 Å². The lowest BCUT2D eigenvalue weighted by molar-refractivity contribution is -0.171. The lowest BCUT2D eigenvalue weighted by Gasteiger charge is -2.22. The Labute approximate surface area is 156 Å². The molecule has 0 saturated carbocycles. The van der Waals surface area contributed by atoms with Crippen LogP contribution in [0, 0.1) is 5.41 Å². The van der Waals surface area contributed by atoms with Gasteiger partial charge >= 0.3 is 5.97 Å². The number of aromatic hydroxyl groups is 1. The number of carbonyl (C=O) groups excluding carboxylic acids is 3. The maximum atomic E-state index is 11.8. The van der Waals surface area contributed by atoms with Crippen LogP contribution in [-0.4, -0.2) is 50.2 Å². The minimum absolute atomic E-state index is 0.120. The third-order valence-electron chi connectivity index (χ3n) is 3.69. The van der Waals surface area contributed by atoms with E-state index in [0.29, 0.717) is 0 Å². The summed E-state index contributed by atoms with van der Waals surface area (Å²) in [4.78, 5) is 43.5. The number of imide groups is 1. The van der Waals surface area contributed by atoms with E-state index in [0.717, 1.165) is 5.56 Å². The first-order valence-corrected chi connectivity index (χ1v) is 8.28. The van der Waals surface area contributed by atoms with Crippen molar-refractivity contribution in [2.45, 2.75) is 46.1 Å². The van der Waals surface area contributed by atoms with Gasteiger partial charge in [0.1, 0.15) is 11.8 Å². The largest absolute Gasteiger partial charge is 0.508 e. The first kappa shape index (κ1) is 22.1. The Morgan fingerprint density at radius 3 is 1.93 bits per heavy atom. The molecule has 1 fully saturated rings. The van der Waals surface area contributed by atoms with E-state index < -0.39 is 29.2 Å². The molecule has 2 rings (SSSR count). The number of hydrogen-bond donors (Lipinski definition) is 4. The van der Waals surface area contributed by atoms with E-state index in [9.17, 15) is 19.2 Å². The zero-order valence-electron chi connectivity index (χ0n) is 15.4. The highest BCUT2D eigenvalue weighted by molar-refractivity contribution is 6.00. The molecule has 3 amide bonds.